The van der Waals surface area contributed by atoms with Gasteiger partial charge in [-0.1, -0.05) is 32.0 Å². The highest BCUT2D eigenvalue weighted by Crippen LogP contribution is 2.36. The summed E-state index contributed by atoms with van der Waals surface area (Å²) in [6, 6.07) is 9.30. The van der Waals surface area contributed by atoms with Gasteiger partial charge in [-0.25, -0.2) is 0 Å². The zero-order chi connectivity index (χ0) is 20.2. The highest BCUT2D eigenvalue weighted by atomic mass is 19.4. The number of hydrogen-bond acceptors (Lipinski definition) is 3. The lowest BCUT2D eigenvalue weighted by atomic mass is 9.88. The molecule has 0 saturated heterocycles. The van der Waals surface area contributed by atoms with Crippen LogP contribution in [0.5, 0.6) is 5.75 Å². The predicted molar refractivity (Wildman–Crippen MR) is 97.4 cm³/mol. The monoisotopic (exact) mass is 380 g/mol. The van der Waals surface area contributed by atoms with Gasteiger partial charge in [-0.05, 0) is 54.7 Å². The number of carbonyl (C=O) groups excluding carboxylic acids is 1. The van der Waals surface area contributed by atoms with Gasteiger partial charge >= 0.3 is 12.1 Å². The Balaban J connectivity index is 2.43. The number of carbonyl (C=O) groups is 1. The SMILES string of the molecule is CCOC(=O)C(CC(C)C)c1ccc(O)c(-c2ccc(C(F)(F)F)cc2)c1. The van der Waals surface area contributed by atoms with Crippen molar-refractivity contribution in [1.29, 1.82) is 0 Å². The number of aromatic hydroxyl groups is 1. The summed E-state index contributed by atoms with van der Waals surface area (Å²) in [7, 11) is 0. The summed E-state index contributed by atoms with van der Waals surface area (Å²) < 4.78 is 43.4. The second kappa shape index (κ2) is 8.46. The molecule has 0 heterocycles. The van der Waals surface area contributed by atoms with Crippen LogP contribution in [-0.2, 0) is 15.7 Å². The van der Waals surface area contributed by atoms with Crippen molar-refractivity contribution in [3.8, 4) is 16.9 Å². The molecule has 2 aromatic carbocycles. The molecule has 0 amide bonds. The van der Waals surface area contributed by atoms with Gasteiger partial charge in [-0.15, -0.1) is 0 Å². The van der Waals surface area contributed by atoms with E-state index in [0.717, 1.165) is 12.1 Å². The smallest absolute Gasteiger partial charge is 0.416 e. The van der Waals surface area contributed by atoms with Crippen molar-refractivity contribution in [3.63, 3.8) is 0 Å². The number of benzene rings is 2. The van der Waals surface area contributed by atoms with Crippen LogP contribution in [0.2, 0.25) is 0 Å². The van der Waals surface area contributed by atoms with E-state index in [1.165, 1.54) is 18.2 Å². The Labute approximate surface area is 156 Å². The second-order valence-electron chi connectivity index (χ2n) is 6.79. The Bertz CT molecular complexity index is 780. The van der Waals surface area contributed by atoms with Crippen LogP contribution in [0.15, 0.2) is 42.5 Å². The van der Waals surface area contributed by atoms with Crippen LogP contribution in [0.3, 0.4) is 0 Å². The molecule has 1 N–H and O–H groups in total. The molecule has 6 heteroatoms. The molecule has 2 aromatic rings. The van der Waals surface area contributed by atoms with Crippen molar-refractivity contribution >= 4 is 5.97 Å². The quantitative estimate of drug-likeness (QED) is 0.647. The summed E-state index contributed by atoms with van der Waals surface area (Å²) in [5, 5.41) is 10.2. The average Bonchev–Trinajstić information content (AvgIpc) is 2.60. The second-order valence-corrected chi connectivity index (χ2v) is 6.79. The van der Waals surface area contributed by atoms with Crippen LogP contribution >= 0.6 is 0 Å². The van der Waals surface area contributed by atoms with Gasteiger partial charge in [0, 0.05) is 5.56 Å². The Morgan fingerprint density at radius 2 is 1.74 bits per heavy atom. The van der Waals surface area contributed by atoms with Gasteiger partial charge in [-0.2, -0.15) is 13.2 Å². The van der Waals surface area contributed by atoms with Crippen molar-refractivity contribution in [2.24, 2.45) is 5.92 Å². The minimum Gasteiger partial charge on any atom is -0.507 e. The molecular formula is C21H23F3O3. The van der Waals surface area contributed by atoms with E-state index < -0.39 is 17.7 Å². The van der Waals surface area contributed by atoms with E-state index in [2.05, 4.69) is 0 Å². The minimum absolute atomic E-state index is 0.0642. The van der Waals surface area contributed by atoms with Crippen LogP contribution < -0.4 is 0 Å². The summed E-state index contributed by atoms with van der Waals surface area (Å²) in [5.74, 6) is -0.678. The topological polar surface area (TPSA) is 46.5 Å². The number of halogens is 3. The zero-order valence-corrected chi connectivity index (χ0v) is 15.5. The molecule has 0 fully saturated rings. The van der Waals surface area contributed by atoms with Crippen molar-refractivity contribution in [2.45, 2.75) is 39.3 Å². The Morgan fingerprint density at radius 1 is 1.11 bits per heavy atom. The zero-order valence-electron chi connectivity index (χ0n) is 15.5. The van der Waals surface area contributed by atoms with Crippen LogP contribution in [-0.4, -0.2) is 17.7 Å². The van der Waals surface area contributed by atoms with Gasteiger partial charge in [0.25, 0.3) is 0 Å². The Kier molecular flexibility index (Phi) is 6.52. The maximum Gasteiger partial charge on any atom is 0.416 e. The number of phenols is 1. The fraction of sp³-hybridized carbons (Fsp3) is 0.381. The standard InChI is InChI=1S/C21H23F3O3/c1-4-27-20(26)18(11-13(2)3)15-7-10-19(25)17(12-15)14-5-8-16(9-6-14)21(22,23)24/h5-10,12-13,18,25H,4,11H2,1-3H3. The van der Waals surface area contributed by atoms with E-state index >= 15 is 0 Å². The summed E-state index contributed by atoms with van der Waals surface area (Å²) in [5.41, 5.74) is 0.717. The van der Waals surface area contributed by atoms with E-state index in [1.807, 2.05) is 13.8 Å². The molecule has 0 aliphatic carbocycles. The number of hydrogen-bond donors (Lipinski definition) is 1. The first kappa shape index (κ1) is 20.8. The molecular weight excluding hydrogens is 357 g/mol. The summed E-state index contributed by atoms with van der Waals surface area (Å²) in [6.45, 7) is 5.97. The van der Waals surface area contributed by atoms with Crippen molar-refractivity contribution in [2.75, 3.05) is 6.61 Å². The largest absolute Gasteiger partial charge is 0.507 e. The van der Waals surface area contributed by atoms with E-state index in [0.29, 0.717) is 23.1 Å². The van der Waals surface area contributed by atoms with Crippen LogP contribution in [0.25, 0.3) is 11.1 Å². The first-order valence-electron chi connectivity index (χ1n) is 8.80. The Morgan fingerprint density at radius 3 is 2.26 bits per heavy atom. The third kappa shape index (κ3) is 5.25. The van der Waals surface area contributed by atoms with Crippen molar-refractivity contribution < 1.29 is 27.8 Å². The van der Waals surface area contributed by atoms with Gasteiger partial charge < -0.3 is 9.84 Å². The normalized spacial score (nSPS) is 12.9. The molecule has 1 atom stereocenters. The number of phenolic OH excluding ortho intramolecular Hbond substituents is 1. The molecule has 0 aliphatic heterocycles. The molecule has 0 aliphatic rings. The van der Waals surface area contributed by atoms with E-state index in [1.54, 1.807) is 19.1 Å². The summed E-state index contributed by atoms with van der Waals surface area (Å²) in [6.07, 6.45) is -3.86. The molecule has 1 unspecified atom stereocenters. The van der Waals surface area contributed by atoms with Gasteiger partial charge in [0.1, 0.15) is 5.75 Å². The Hall–Kier alpha value is -2.50. The van der Waals surface area contributed by atoms with E-state index in [9.17, 15) is 23.1 Å². The maximum absolute atomic E-state index is 12.8. The van der Waals surface area contributed by atoms with Gasteiger partial charge in [0.2, 0.25) is 0 Å². The van der Waals surface area contributed by atoms with Gasteiger partial charge in [0.15, 0.2) is 0 Å². The third-order valence-electron chi connectivity index (χ3n) is 4.22. The number of ether oxygens (including phenoxy) is 1. The highest BCUT2D eigenvalue weighted by molar-refractivity contribution is 5.80. The van der Waals surface area contributed by atoms with Crippen molar-refractivity contribution in [1.82, 2.24) is 0 Å². The highest BCUT2D eigenvalue weighted by Gasteiger charge is 2.30. The number of esters is 1. The molecule has 146 valence electrons. The van der Waals surface area contributed by atoms with Gasteiger partial charge in [0.05, 0.1) is 18.1 Å². The van der Waals surface area contributed by atoms with Gasteiger partial charge in [-0.3, -0.25) is 4.79 Å². The minimum atomic E-state index is -4.42. The molecule has 3 nitrogen and oxygen atoms in total. The molecule has 27 heavy (non-hydrogen) atoms. The molecule has 0 saturated carbocycles. The predicted octanol–water partition coefficient (Wildman–Crippen LogP) is 5.77. The third-order valence-corrected chi connectivity index (χ3v) is 4.22. The summed E-state index contributed by atoms with van der Waals surface area (Å²) in [4.78, 5) is 12.4. The fourth-order valence-corrected chi connectivity index (χ4v) is 2.92. The van der Waals surface area contributed by atoms with Crippen molar-refractivity contribution in [3.05, 3.63) is 53.6 Å². The molecule has 2 rings (SSSR count). The lowest BCUT2D eigenvalue weighted by Crippen LogP contribution is -2.18. The first-order valence-corrected chi connectivity index (χ1v) is 8.80. The molecule has 0 radical (unpaired) electrons. The summed E-state index contributed by atoms with van der Waals surface area (Å²) >= 11 is 0. The number of rotatable bonds is 6. The lowest BCUT2D eigenvalue weighted by Gasteiger charge is -2.19. The van der Waals surface area contributed by atoms with Crippen LogP contribution in [0.4, 0.5) is 13.2 Å². The molecule has 0 spiro atoms. The molecule has 0 bridgehead atoms. The first-order chi connectivity index (χ1) is 12.6. The number of alkyl halides is 3. The lowest BCUT2D eigenvalue weighted by molar-refractivity contribution is -0.145. The van der Waals surface area contributed by atoms with E-state index in [-0.39, 0.29) is 24.2 Å². The van der Waals surface area contributed by atoms with E-state index in [4.69, 9.17) is 4.74 Å². The molecule has 0 aromatic heterocycles. The van der Waals surface area contributed by atoms with Crippen LogP contribution in [0.1, 0.15) is 44.2 Å². The maximum atomic E-state index is 12.8. The average molecular weight is 380 g/mol. The fourth-order valence-electron chi connectivity index (χ4n) is 2.92. The van der Waals surface area contributed by atoms with Crippen LogP contribution in [0, 0.1) is 5.92 Å².